The van der Waals surface area contributed by atoms with Gasteiger partial charge in [-0.3, -0.25) is 9.59 Å². The van der Waals surface area contributed by atoms with Crippen LogP contribution in [-0.2, 0) is 4.79 Å². The molecule has 0 spiro atoms. The molecule has 0 radical (unpaired) electrons. The molecule has 0 saturated carbocycles. The minimum absolute atomic E-state index is 0.0211. The van der Waals surface area contributed by atoms with Crippen molar-refractivity contribution in [3.63, 3.8) is 0 Å². The molecule has 2 N–H and O–H groups in total. The fourth-order valence-electron chi connectivity index (χ4n) is 1.42. The highest BCUT2D eigenvalue weighted by molar-refractivity contribution is 5.95. The molecule has 0 fully saturated rings. The summed E-state index contributed by atoms with van der Waals surface area (Å²) in [6, 6.07) is 6.70. The van der Waals surface area contributed by atoms with E-state index in [9.17, 15) is 9.59 Å². The summed E-state index contributed by atoms with van der Waals surface area (Å²) in [4.78, 5) is 23.0. The zero-order valence-electron chi connectivity index (χ0n) is 11.3. The van der Waals surface area contributed by atoms with Crippen LogP contribution in [0.15, 0.2) is 29.4 Å². The standard InChI is InChI=1S/C14H19N3O2/c1-3-5-13(18)16-12-8-6-11(7-9-12)14(19)17-15-10-4-2/h6-10H,3-5H2,1-2H3,(H,16,18)(H,17,19). The van der Waals surface area contributed by atoms with Crippen molar-refractivity contribution in [1.29, 1.82) is 0 Å². The molecule has 0 bridgehead atoms. The maximum atomic E-state index is 11.6. The van der Waals surface area contributed by atoms with Crippen LogP contribution in [-0.4, -0.2) is 18.0 Å². The number of hydrogen-bond acceptors (Lipinski definition) is 3. The van der Waals surface area contributed by atoms with Gasteiger partial charge >= 0.3 is 0 Å². The molecule has 5 nitrogen and oxygen atoms in total. The summed E-state index contributed by atoms with van der Waals surface area (Å²) in [5.41, 5.74) is 3.61. The number of carbonyl (C=O) groups is 2. The van der Waals surface area contributed by atoms with Crippen LogP contribution < -0.4 is 10.7 Å². The van der Waals surface area contributed by atoms with Crippen LogP contribution in [0, 0.1) is 0 Å². The Kier molecular flexibility index (Phi) is 6.29. The van der Waals surface area contributed by atoms with Crippen molar-refractivity contribution in [2.45, 2.75) is 33.1 Å². The van der Waals surface area contributed by atoms with Crippen molar-refractivity contribution in [2.24, 2.45) is 5.10 Å². The summed E-state index contributed by atoms with van der Waals surface area (Å²) < 4.78 is 0. The molecule has 0 aliphatic carbocycles. The van der Waals surface area contributed by atoms with Crippen molar-refractivity contribution in [1.82, 2.24) is 5.43 Å². The maximum Gasteiger partial charge on any atom is 0.271 e. The molecule has 5 heteroatoms. The van der Waals surface area contributed by atoms with Crippen LogP contribution in [0.4, 0.5) is 5.69 Å². The third kappa shape index (κ3) is 5.33. The van der Waals surface area contributed by atoms with Crippen molar-refractivity contribution in [3.8, 4) is 0 Å². The monoisotopic (exact) mass is 261 g/mol. The molecule has 0 heterocycles. The third-order valence-electron chi connectivity index (χ3n) is 2.35. The fourth-order valence-corrected chi connectivity index (χ4v) is 1.42. The number of hydrazone groups is 1. The van der Waals surface area contributed by atoms with E-state index in [4.69, 9.17) is 0 Å². The van der Waals surface area contributed by atoms with Crippen LogP contribution >= 0.6 is 0 Å². The minimum Gasteiger partial charge on any atom is -0.326 e. The lowest BCUT2D eigenvalue weighted by Gasteiger charge is -2.05. The second-order valence-electron chi connectivity index (χ2n) is 4.04. The van der Waals surface area contributed by atoms with Crippen molar-refractivity contribution >= 4 is 23.7 Å². The molecule has 0 saturated heterocycles. The van der Waals surface area contributed by atoms with E-state index < -0.39 is 0 Å². The van der Waals surface area contributed by atoms with Gasteiger partial charge in [-0.1, -0.05) is 13.8 Å². The largest absolute Gasteiger partial charge is 0.326 e. The molecule has 1 aromatic carbocycles. The van der Waals surface area contributed by atoms with Crippen molar-refractivity contribution in [3.05, 3.63) is 29.8 Å². The second-order valence-corrected chi connectivity index (χ2v) is 4.04. The minimum atomic E-state index is -0.267. The van der Waals surface area contributed by atoms with E-state index in [0.29, 0.717) is 17.7 Å². The predicted octanol–water partition coefficient (Wildman–Crippen LogP) is 2.55. The summed E-state index contributed by atoms with van der Waals surface area (Å²) in [7, 11) is 0. The summed E-state index contributed by atoms with van der Waals surface area (Å²) >= 11 is 0. The Hall–Kier alpha value is -2.17. The lowest BCUT2D eigenvalue weighted by atomic mass is 10.2. The number of amides is 2. The number of nitrogens with zero attached hydrogens (tertiary/aromatic N) is 1. The molecule has 1 aromatic rings. The highest BCUT2D eigenvalue weighted by Gasteiger charge is 2.05. The molecular weight excluding hydrogens is 242 g/mol. The Bertz CT molecular complexity index is 452. The van der Waals surface area contributed by atoms with E-state index in [-0.39, 0.29) is 11.8 Å². The van der Waals surface area contributed by atoms with Gasteiger partial charge in [0, 0.05) is 23.9 Å². The fraction of sp³-hybridized carbons (Fsp3) is 0.357. The number of hydrogen-bond donors (Lipinski definition) is 2. The van der Waals surface area contributed by atoms with E-state index in [1.807, 2.05) is 13.8 Å². The summed E-state index contributed by atoms with van der Waals surface area (Å²) in [6.45, 7) is 3.88. The normalized spacial score (nSPS) is 10.4. The first-order valence-corrected chi connectivity index (χ1v) is 6.39. The van der Waals surface area contributed by atoms with Crippen molar-refractivity contribution < 1.29 is 9.59 Å². The van der Waals surface area contributed by atoms with Gasteiger partial charge < -0.3 is 5.32 Å². The molecule has 0 aliphatic rings. The summed E-state index contributed by atoms with van der Waals surface area (Å²) in [5, 5.41) is 6.53. The van der Waals surface area contributed by atoms with Gasteiger partial charge in [0.15, 0.2) is 0 Å². The highest BCUT2D eigenvalue weighted by atomic mass is 16.2. The lowest BCUT2D eigenvalue weighted by molar-refractivity contribution is -0.116. The summed E-state index contributed by atoms with van der Waals surface area (Å²) in [6.07, 6.45) is 3.69. The van der Waals surface area contributed by atoms with Crippen LogP contribution in [0.1, 0.15) is 43.5 Å². The van der Waals surface area contributed by atoms with Gasteiger partial charge in [-0.2, -0.15) is 5.10 Å². The van der Waals surface area contributed by atoms with Gasteiger partial charge in [-0.25, -0.2) is 5.43 Å². The molecule has 0 unspecified atom stereocenters. The molecule has 19 heavy (non-hydrogen) atoms. The van der Waals surface area contributed by atoms with E-state index in [1.165, 1.54) is 0 Å². The highest BCUT2D eigenvalue weighted by Crippen LogP contribution is 2.10. The van der Waals surface area contributed by atoms with Crippen LogP contribution in [0.3, 0.4) is 0 Å². The Balaban J connectivity index is 2.58. The van der Waals surface area contributed by atoms with E-state index >= 15 is 0 Å². The molecule has 1 rings (SSSR count). The maximum absolute atomic E-state index is 11.6. The number of carbonyl (C=O) groups excluding carboxylic acids is 2. The van der Waals surface area contributed by atoms with Gasteiger partial charge in [-0.15, -0.1) is 0 Å². The predicted molar refractivity (Wildman–Crippen MR) is 76.2 cm³/mol. The van der Waals surface area contributed by atoms with Gasteiger partial charge in [0.05, 0.1) is 0 Å². The Morgan fingerprint density at radius 2 is 1.89 bits per heavy atom. The molecular formula is C14H19N3O2. The number of nitrogens with one attached hydrogen (secondary N) is 2. The third-order valence-corrected chi connectivity index (χ3v) is 2.35. The Morgan fingerprint density at radius 3 is 2.47 bits per heavy atom. The number of anilines is 1. The van der Waals surface area contributed by atoms with Crippen LogP contribution in [0.5, 0.6) is 0 Å². The first kappa shape index (κ1) is 14.9. The van der Waals surface area contributed by atoms with Gasteiger partial charge in [0.1, 0.15) is 0 Å². The first-order chi connectivity index (χ1) is 9.17. The zero-order valence-corrected chi connectivity index (χ0v) is 11.3. The Morgan fingerprint density at radius 1 is 1.21 bits per heavy atom. The molecule has 0 atom stereocenters. The van der Waals surface area contributed by atoms with Gasteiger partial charge in [-0.05, 0) is 37.1 Å². The van der Waals surface area contributed by atoms with Gasteiger partial charge in [0.2, 0.25) is 5.91 Å². The van der Waals surface area contributed by atoms with Crippen LogP contribution in [0.2, 0.25) is 0 Å². The van der Waals surface area contributed by atoms with E-state index in [0.717, 1.165) is 12.8 Å². The molecule has 0 aromatic heterocycles. The molecule has 0 aliphatic heterocycles. The topological polar surface area (TPSA) is 70.6 Å². The lowest BCUT2D eigenvalue weighted by Crippen LogP contribution is -2.17. The van der Waals surface area contributed by atoms with E-state index in [1.54, 1.807) is 30.5 Å². The van der Waals surface area contributed by atoms with Gasteiger partial charge in [0.25, 0.3) is 5.91 Å². The van der Waals surface area contributed by atoms with E-state index in [2.05, 4.69) is 15.8 Å². The number of rotatable bonds is 6. The van der Waals surface area contributed by atoms with Crippen LogP contribution in [0.25, 0.3) is 0 Å². The second kappa shape index (κ2) is 8.02. The molecule has 102 valence electrons. The SMILES string of the molecule is CCC=NNC(=O)c1ccc(NC(=O)CCC)cc1. The first-order valence-electron chi connectivity index (χ1n) is 6.39. The summed E-state index contributed by atoms with van der Waals surface area (Å²) in [5.74, 6) is -0.289. The zero-order chi connectivity index (χ0) is 14.1. The quantitative estimate of drug-likeness (QED) is 0.610. The average Bonchev–Trinajstić information content (AvgIpc) is 2.40. The molecule has 2 amide bonds. The average molecular weight is 261 g/mol. The smallest absolute Gasteiger partial charge is 0.271 e. The van der Waals surface area contributed by atoms with Crippen molar-refractivity contribution in [2.75, 3.05) is 5.32 Å². The number of benzene rings is 1. The Labute approximate surface area is 113 Å².